The summed E-state index contributed by atoms with van der Waals surface area (Å²) in [6, 6.07) is 11.5. The van der Waals surface area contributed by atoms with E-state index in [9.17, 15) is 4.79 Å². The van der Waals surface area contributed by atoms with E-state index in [1.807, 2.05) is 49.5 Å². The van der Waals surface area contributed by atoms with E-state index < -0.39 is 0 Å². The Balaban J connectivity index is 1.75. The summed E-state index contributed by atoms with van der Waals surface area (Å²) < 4.78 is 7.37. The van der Waals surface area contributed by atoms with Crippen molar-refractivity contribution in [3.05, 3.63) is 87.2 Å². The smallest absolute Gasteiger partial charge is 0.338 e. The van der Waals surface area contributed by atoms with Gasteiger partial charge < -0.3 is 9.30 Å². The van der Waals surface area contributed by atoms with Crippen molar-refractivity contribution in [3.8, 4) is 0 Å². The molecule has 0 atom stereocenters. The van der Waals surface area contributed by atoms with Crippen LogP contribution in [0.4, 0.5) is 0 Å². The van der Waals surface area contributed by atoms with Crippen LogP contribution >= 0.6 is 11.8 Å². The maximum atomic E-state index is 12.3. The number of esters is 1. The molecule has 2 aromatic heterocycles. The third-order valence-corrected chi connectivity index (χ3v) is 7.77. The summed E-state index contributed by atoms with van der Waals surface area (Å²) in [5, 5.41) is 0.913. The monoisotopic (exact) mass is 473 g/mol. The molecule has 0 saturated heterocycles. The highest BCUT2D eigenvalue weighted by Crippen LogP contribution is 2.33. The number of fused-ring (bicyclic) bond motifs is 1. The minimum Gasteiger partial charge on any atom is -0.462 e. The quantitative estimate of drug-likeness (QED) is 0.227. The average molecular weight is 474 g/mol. The highest BCUT2D eigenvalue weighted by Gasteiger charge is 2.18. The Labute approximate surface area is 205 Å². The third-order valence-electron chi connectivity index (χ3n) is 6.77. The molecule has 0 fully saturated rings. The van der Waals surface area contributed by atoms with Crippen LogP contribution in [0, 0.1) is 34.6 Å². The van der Waals surface area contributed by atoms with Gasteiger partial charge in [-0.2, -0.15) is 0 Å². The summed E-state index contributed by atoms with van der Waals surface area (Å²) in [4.78, 5) is 21.7. The van der Waals surface area contributed by atoms with Crippen LogP contribution in [0.2, 0.25) is 0 Å². The number of nitrogens with zero attached hydrogens (tertiary/aromatic N) is 3. The molecule has 0 radical (unpaired) electrons. The number of rotatable bonds is 7. The summed E-state index contributed by atoms with van der Waals surface area (Å²) >= 11 is 1.73. The van der Waals surface area contributed by atoms with Gasteiger partial charge in [0.15, 0.2) is 5.16 Å². The molecule has 0 N–H and O–H groups in total. The van der Waals surface area contributed by atoms with Crippen molar-refractivity contribution >= 4 is 28.8 Å². The molecule has 0 spiro atoms. The molecule has 0 amide bonds. The van der Waals surface area contributed by atoms with Crippen LogP contribution in [-0.2, 0) is 17.0 Å². The zero-order valence-corrected chi connectivity index (χ0v) is 21.5. The molecule has 34 heavy (non-hydrogen) atoms. The van der Waals surface area contributed by atoms with Gasteiger partial charge in [-0.05, 0) is 105 Å². The number of carbonyl (C=O) groups is 1. The highest BCUT2D eigenvalue weighted by atomic mass is 32.2. The van der Waals surface area contributed by atoms with Crippen LogP contribution in [0.5, 0.6) is 0 Å². The first-order valence-electron chi connectivity index (χ1n) is 11.6. The Hall–Kier alpha value is -3.12. The first kappa shape index (κ1) is 24.0. The van der Waals surface area contributed by atoms with Gasteiger partial charge in [0, 0.05) is 11.9 Å². The number of hydrogen-bond acceptors (Lipinski definition) is 5. The summed E-state index contributed by atoms with van der Waals surface area (Å²) in [7, 11) is 0. The predicted molar refractivity (Wildman–Crippen MR) is 139 cm³/mol. The second-order valence-electron chi connectivity index (χ2n) is 8.62. The lowest BCUT2D eigenvalue weighted by Gasteiger charge is -2.18. The molecule has 0 bridgehead atoms. The summed E-state index contributed by atoms with van der Waals surface area (Å²) in [5.74, 6) is 0.505. The second-order valence-corrected chi connectivity index (χ2v) is 9.56. The topological polar surface area (TPSA) is 57.0 Å². The molecule has 0 aliphatic carbocycles. The highest BCUT2D eigenvalue weighted by molar-refractivity contribution is 7.98. The molecule has 2 aromatic carbocycles. The molecule has 2 heterocycles. The number of ether oxygens (including phenoxy) is 1. The van der Waals surface area contributed by atoms with E-state index in [1.54, 1.807) is 11.8 Å². The number of carbonyl (C=O) groups excluding carboxylic acids is 1. The Morgan fingerprint density at radius 2 is 1.68 bits per heavy atom. The van der Waals surface area contributed by atoms with Crippen molar-refractivity contribution < 1.29 is 9.53 Å². The molecule has 0 unspecified atom stereocenters. The predicted octanol–water partition coefficient (Wildman–Crippen LogP) is 6.49. The molecule has 6 heteroatoms. The standard InChI is InChI=1S/C28H31N3O2S/c1-7-33-27(32)22-11-12-26-25(14-22)30-28(31(26)15-23-10-8-9-13-29-23)34-16-24-20(5)18(3)17(2)19(4)21(24)6/h8-14H,7,15-16H2,1-6H3. The van der Waals surface area contributed by atoms with Gasteiger partial charge >= 0.3 is 5.97 Å². The van der Waals surface area contributed by atoms with Crippen molar-refractivity contribution in [3.63, 3.8) is 0 Å². The Morgan fingerprint density at radius 1 is 0.971 bits per heavy atom. The van der Waals surface area contributed by atoms with E-state index in [1.165, 1.54) is 33.4 Å². The summed E-state index contributed by atoms with van der Waals surface area (Å²) in [6.45, 7) is 13.8. The van der Waals surface area contributed by atoms with E-state index in [2.05, 4.69) is 44.2 Å². The van der Waals surface area contributed by atoms with Gasteiger partial charge in [0.1, 0.15) is 0 Å². The van der Waals surface area contributed by atoms with Crippen LogP contribution in [0.15, 0.2) is 47.8 Å². The molecule has 4 aromatic rings. The molecule has 0 saturated carbocycles. The van der Waals surface area contributed by atoms with Gasteiger partial charge in [0.2, 0.25) is 0 Å². The lowest BCUT2D eigenvalue weighted by atomic mass is 9.90. The number of aromatic nitrogens is 3. The number of thioether (sulfide) groups is 1. The maximum absolute atomic E-state index is 12.3. The summed E-state index contributed by atoms with van der Waals surface area (Å²) in [6.07, 6.45) is 1.81. The zero-order chi connectivity index (χ0) is 24.4. The third kappa shape index (κ3) is 4.60. The van der Waals surface area contributed by atoms with E-state index in [0.717, 1.165) is 27.6 Å². The van der Waals surface area contributed by atoms with Crippen molar-refractivity contribution in [2.45, 2.75) is 59.0 Å². The normalized spacial score (nSPS) is 11.2. The first-order chi connectivity index (χ1) is 16.3. The van der Waals surface area contributed by atoms with Gasteiger partial charge in [0.25, 0.3) is 0 Å². The van der Waals surface area contributed by atoms with E-state index in [0.29, 0.717) is 18.7 Å². The fourth-order valence-electron chi connectivity index (χ4n) is 4.30. The minimum atomic E-state index is -0.324. The minimum absolute atomic E-state index is 0.324. The molecule has 5 nitrogen and oxygen atoms in total. The Kier molecular flexibility index (Phi) is 7.08. The molecule has 0 aliphatic rings. The van der Waals surface area contributed by atoms with Crippen molar-refractivity contribution in [1.82, 2.24) is 14.5 Å². The number of benzene rings is 2. The zero-order valence-electron chi connectivity index (χ0n) is 20.7. The van der Waals surface area contributed by atoms with Crippen molar-refractivity contribution in [2.75, 3.05) is 6.61 Å². The van der Waals surface area contributed by atoms with Gasteiger partial charge in [0.05, 0.1) is 35.4 Å². The molecular formula is C28H31N3O2S. The Bertz CT molecular complexity index is 1330. The molecular weight excluding hydrogens is 442 g/mol. The van der Waals surface area contributed by atoms with Crippen molar-refractivity contribution in [2.24, 2.45) is 0 Å². The van der Waals surface area contributed by atoms with Crippen LogP contribution in [0.3, 0.4) is 0 Å². The maximum Gasteiger partial charge on any atom is 0.338 e. The van der Waals surface area contributed by atoms with Gasteiger partial charge in [-0.25, -0.2) is 9.78 Å². The average Bonchev–Trinajstić information content (AvgIpc) is 3.18. The molecule has 0 aliphatic heterocycles. The van der Waals surface area contributed by atoms with Gasteiger partial charge in [-0.3, -0.25) is 4.98 Å². The number of pyridine rings is 1. The Morgan fingerprint density at radius 3 is 2.32 bits per heavy atom. The lowest BCUT2D eigenvalue weighted by Crippen LogP contribution is -2.05. The molecule has 4 rings (SSSR count). The van der Waals surface area contributed by atoms with Crippen molar-refractivity contribution in [1.29, 1.82) is 0 Å². The summed E-state index contributed by atoms with van der Waals surface area (Å²) in [5.41, 5.74) is 11.4. The van der Waals surface area contributed by atoms with Crippen LogP contribution < -0.4 is 0 Å². The fraction of sp³-hybridized carbons (Fsp3) is 0.321. The fourth-order valence-corrected chi connectivity index (χ4v) is 5.48. The number of imidazole rings is 1. The van der Waals surface area contributed by atoms with Gasteiger partial charge in [-0.15, -0.1) is 0 Å². The van der Waals surface area contributed by atoms with Gasteiger partial charge in [-0.1, -0.05) is 17.8 Å². The first-order valence-corrected chi connectivity index (χ1v) is 12.6. The van der Waals surface area contributed by atoms with Crippen LogP contribution in [0.1, 0.15) is 56.4 Å². The number of hydrogen-bond donors (Lipinski definition) is 0. The SMILES string of the molecule is CCOC(=O)c1ccc2c(c1)nc(SCc1c(C)c(C)c(C)c(C)c1C)n2Cc1ccccn1. The largest absolute Gasteiger partial charge is 0.462 e. The van der Waals surface area contributed by atoms with Crippen LogP contribution in [0.25, 0.3) is 11.0 Å². The second kappa shape index (κ2) is 10.0. The van der Waals surface area contributed by atoms with Crippen LogP contribution in [-0.4, -0.2) is 27.1 Å². The van der Waals surface area contributed by atoms with E-state index in [-0.39, 0.29) is 5.97 Å². The molecule has 176 valence electrons. The van der Waals surface area contributed by atoms with E-state index >= 15 is 0 Å². The lowest BCUT2D eigenvalue weighted by molar-refractivity contribution is 0.0526. The van der Waals surface area contributed by atoms with E-state index in [4.69, 9.17) is 9.72 Å².